The van der Waals surface area contributed by atoms with Crippen LogP contribution in [-0.4, -0.2) is 22.1 Å². The Hall–Kier alpha value is -2.34. The maximum Gasteiger partial charge on any atom is 0.337 e. The van der Waals surface area contributed by atoms with Crippen LogP contribution in [0, 0.1) is 6.92 Å². The lowest BCUT2D eigenvalue weighted by molar-refractivity contribution is 0.0698. The van der Waals surface area contributed by atoms with Gasteiger partial charge in [0.1, 0.15) is 5.75 Å². The highest BCUT2D eigenvalue weighted by atomic mass is 79.9. The number of carbonyl (C=O) groups is 2. The number of carboxylic acid groups (broad SMARTS) is 1. The lowest BCUT2D eigenvalue weighted by Crippen LogP contribution is -2.15. The molecule has 0 aliphatic heterocycles. The molecule has 2 rings (SSSR count). The number of hydrogen-bond donors (Lipinski definition) is 3. The molecule has 0 unspecified atom stereocenters. The van der Waals surface area contributed by atoms with Gasteiger partial charge in [-0.3, -0.25) is 4.79 Å². The Labute approximate surface area is 129 Å². The Bertz CT molecular complexity index is 728. The minimum Gasteiger partial charge on any atom is -0.508 e. The average Bonchev–Trinajstić information content (AvgIpc) is 2.43. The smallest absolute Gasteiger partial charge is 0.337 e. The third-order valence-corrected chi connectivity index (χ3v) is 3.61. The van der Waals surface area contributed by atoms with Crippen LogP contribution in [0.25, 0.3) is 0 Å². The summed E-state index contributed by atoms with van der Waals surface area (Å²) in [7, 11) is 0. The number of phenols is 1. The van der Waals surface area contributed by atoms with Crippen molar-refractivity contribution in [2.24, 2.45) is 0 Å². The molecule has 0 aliphatic rings. The quantitative estimate of drug-likeness (QED) is 0.792. The van der Waals surface area contributed by atoms with Crippen LogP contribution in [0.15, 0.2) is 40.9 Å². The van der Waals surface area contributed by atoms with E-state index in [1.807, 2.05) is 0 Å². The van der Waals surface area contributed by atoms with Crippen LogP contribution in [0.1, 0.15) is 26.3 Å². The Morgan fingerprint density at radius 3 is 2.52 bits per heavy atom. The molecular formula is C15H12BrNO4. The number of carbonyl (C=O) groups excluding carboxylic acids is 1. The van der Waals surface area contributed by atoms with Gasteiger partial charge in [0.05, 0.1) is 11.3 Å². The molecule has 0 atom stereocenters. The second-order valence-corrected chi connectivity index (χ2v) is 5.28. The Morgan fingerprint density at radius 1 is 1.19 bits per heavy atom. The van der Waals surface area contributed by atoms with E-state index >= 15 is 0 Å². The van der Waals surface area contributed by atoms with E-state index in [1.54, 1.807) is 31.2 Å². The molecule has 21 heavy (non-hydrogen) atoms. The van der Waals surface area contributed by atoms with Crippen molar-refractivity contribution in [1.29, 1.82) is 0 Å². The van der Waals surface area contributed by atoms with E-state index in [0.717, 1.165) is 0 Å². The highest BCUT2D eigenvalue weighted by molar-refractivity contribution is 9.10. The lowest BCUT2D eigenvalue weighted by atomic mass is 10.1. The summed E-state index contributed by atoms with van der Waals surface area (Å²) < 4.78 is 0.465. The summed E-state index contributed by atoms with van der Waals surface area (Å²) in [5.41, 5.74) is 1.05. The molecule has 0 saturated heterocycles. The van der Waals surface area contributed by atoms with E-state index in [-0.39, 0.29) is 22.6 Å². The summed E-state index contributed by atoms with van der Waals surface area (Å²) in [6.45, 7) is 1.72. The first-order valence-corrected chi connectivity index (χ1v) is 6.82. The number of anilines is 1. The van der Waals surface area contributed by atoms with Gasteiger partial charge in [0.15, 0.2) is 0 Å². The fourth-order valence-electron chi connectivity index (χ4n) is 1.77. The average molecular weight is 350 g/mol. The normalized spacial score (nSPS) is 10.2. The number of hydrogen-bond acceptors (Lipinski definition) is 3. The van der Waals surface area contributed by atoms with Crippen LogP contribution in [0.3, 0.4) is 0 Å². The molecule has 0 aromatic heterocycles. The van der Waals surface area contributed by atoms with Crippen molar-refractivity contribution < 1.29 is 19.8 Å². The number of para-hydroxylation sites is 1. The Balaban J connectivity index is 2.36. The highest BCUT2D eigenvalue weighted by Crippen LogP contribution is 2.27. The molecule has 0 fully saturated rings. The number of halogens is 1. The molecule has 0 saturated carbocycles. The zero-order chi connectivity index (χ0) is 15.6. The molecule has 0 spiro atoms. The number of carboxylic acids is 1. The Morgan fingerprint density at radius 2 is 1.90 bits per heavy atom. The van der Waals surface area contributed by atoms with Crippen LogP contribution < -0.4 is 5.32 Å². The molecule has 2 aromatic rings. The zero-order valence-electron chi connectivity index (χ0n) is 11.1. The maximum absolute atomic E-state index is 12.2. The van der Waals surface area contributed by atoms with Gasteiger partial charge in [-0.25, -0.2) is 4.79 Å². The van der Waals surface area contributed by atoms with Crippen molar-refractivity contribution in [2.45, 2.75) is 6.92 Å². The molecule has 108 valence electrons. The summed E-state index contributed by atoms with van der Waals surface area (Å²) in [5.74, 6) is -1.63. The number of benzene rings is 2. The number of amides is 1. The van der Waals surface area contributed by atoms with Crippen LogP contribution in [0.4, 0.5) is 5.69 Å². The van der Waals surface area contributed by atoms with Gasteiger partial charge in [0.25, 0.3) is 5.91 Å². The summed E-state index contributed by atoms with van der Waals surface area (Å²) in [6.07, 6.45) is 0. The number of aromatic carboxylic acids is 1. The predicted octanol–water partition coefficient (Wildman–Crippen LogP) is 3.41. The predicted molar refractivity (Wildman–Crippen MR) is 81.9 cm³/mol. The zero-order valence-corrected chi connectivity index (χ0v) is 12.6. The van der Waals surface area contributed by atoms with E-state index in [1.165, 1.54) is 12.1 Å². The largest absolute Gasteiger partial charge is 0.508 e. The molecule has 5 nitrogen and oxygen atoms in total. The van der Waals surface area contributed by atoms with E-state index in [9.17, 15) is 14.7 Å². The molecule has 6 heteroatoms. The monoisotopic (exact) mass is 349 g/mol. The van der Waals surface area contributed by atoms with E-state index < -0.39 is 11.9 Å². The topological polar surface area (TPSA) is 86.6 Å². The van der Waals surface area contributed by atoms with Gasteiger partial charge < -0.3 is 15.5 Å². The van der Waals surface area contributed by atoms with Crippen molar-refractivity contribution in [3.8, 4) is 5.75 Å². The van der Waals surface area contributed by atoms with Gasteiger partial charge in [-0.1, -0.05) is 12.1 Å². The van der Waals surface area contributed by atoms with Gasteiger partial charge in [-0.15, -0.1) is 0 Å². The highest BCUT2D eigenvalue weighted by Gasteiger charge is 2.16. The van der Waals surface area contributed by atoms with Crippen LogP contribution >= 0.6 is 15.9 Å². The number of phenolic OH excluding ortho intramolecular Hbond substituents is 1. The van der Waals surface area contributed by atoms with E-state index in [2.05, 4.69) is 21.2 Å². The molecule has 2 aromatic carbocycles. The minimum atomic E-state index is -1.14. The third kappa shape index (κ3) is 3.22. The van der Waals surface area contributed by atoms with Crippen LogP contribution in [0.2, 0.25) is 0 Å². The molecule has 0 aliphatic carbocycles. The molecule has 0 radical (unpaired) electrons. The number of nitrogens with one attached hydrogen (secondary N) is 1. The van der Waals surface area contributed by atoms with E-state index in [0.29, 0.717) is 10.0 Å². The van der Waals surface area contributed by atoms with Crippen molar-refractivity contribution >= 4 is 33.5 Å². The second kappa shape index (κ2) is 5.97. The SMILES string of the molecule is Cc1ccc(C(=O)Nc2c(Br)cccc2C(=O)O)cc1O. The minimum absolute atomic E-state index is 0.00763. The van der Waals surface area contributed by atoms with Gasteiger partial charge in [-0.2, -0.15) is 0 Å². The van der Waals surface area contributed by atoms with Gasteiger partial charge in [-0.05, 0) is 52.7 Å². The first-order chi connectivity index (χ1) is 9.90. The van der Waals surface area contributed by atoms with Crippen molar-refractivity contribution in [2.75, 3.05) is 5.32 Å². The molecule has 1 amide bonds. The summed E-state index contributed by atoms with van der Waals surface area (Å²) in [5, 5.41) is 21.3. The third-order valence-electron chi connectivity index (χ3n) is 2.95. The number of aryl methyl sites for hydroxylation is 1. The van der Waals surface area contributed by atoms with Gasteiger partial charge in [0, 0.05) is 10.0 Å². The number of aromatic hydroxyl groups is 1. The second-order valence-electron chi connectivity index (χ2n) is 4.42. The van der Waals surface area contributed by atoms with Crippen molar-refractivity contribution in [3.63, 3.8) is 0 Å². The van der Waals surface area contributed by atoms with Crippen LogP contribution in [-0.2, 0) is 0 Å². The fourth-order valence-corrected chi connectivity index (χ4v) is 2.23. The first kappa shape index (κ1) is 15.1. The standard InChI is InChI=1S/C15H12BrNO4/c1-8-5-6-9(7-12(8)18)14(19)17-13-10(15(20)21)3-2-4-11(13)16/h2-7,18H,1H3,(H,17,19)(H,20,21). The maximum atomic E-state index is 12.2. The molecular weight excluding hydrogens is 338 g/mol. The molecule has 0 bridgehead atoms. The van der Waals surface area contributed by atoms with Crippen molar-refractivity contribution in [1.82, 2.24) is 0 Å². The summed E-state index contributed by atoms with van der Waals surface area (Å²) >= 11 is 3.22. The first-order valence-electron chi connectivity index (χ1n) is 6.03. The lowest BCUT2D eigenvalue weighted by Gasteiger charge is -2.11. The fraction of sp³-hybridized carbons (Fsp3) is 0.0667. The Kier molecular flexibility index (Phi) is 4.28. The van der Waals surface area contributed by atoms with Crippen molar-refractivity contribution in [3.05, 3.63) is 57.6 Å². The van der Waals surface area contributed by atoms with E-state index in [4.69, 9.17) is 5.11 Å². The van der Waals surface area contributed by atoms with Gasteiger partial charge >= 0.3 is 5.97 Å². The van der Waals surface area contributed by atoms with Crippen LogP contribution in [0.5, 0.6) is 5.75 Å². The number of rotatable bonds is 3. The summed E-state index contributed by atoms with van der Waals surface area (Å²) in [4.78, 5) is 23.3. The molecule has 0 heterocycles. The molecule has 3 N–H and O–H groups in total. The van der Waals surface area contributed by atoms with Gasteiger partial charge in [0.2, 0.25) is 0 Å². The summed E-state index contributed by atoms with van der Waals surface area (Å²) in [6, 6.07) is 9.11.